The third kappa shape index (κ3) is 4.44. The molecule has 0 unspecified atom stereocenters. The lowest BCUT2D eigenvalue weighted by Gasteiger charge is -2.19. The number of H-pyrrole nitrogens is 1. The number of thioether (sulfide) groups is 1. The Bertz CT molecular complexity index is 921. The van der Waals surface area contributed by atoms with Gasteiger partial charge in [0.2, 0.25) is 0 Å². The van der Waals surface area contributed by atoms with E-state index in [1.807, 2.05) is 25.1 Å². The molecule has 0 saturated heterocycles. The Morgan fingerprint density at radius 3 is 2.64 bits per heavy atom. The van der Waals surface area contributed by atoms with Gasteiger partial charge in [-0.05, 0) is 36.1 Å². The van der Waals surface area contributed by atoms with Crippen LogP contribution in [0.5, 0.6) is 5.75 Å². The lowest BCUT2D eigenvalue weighted by atomic mass is 9.87. The normalized spacial score (nSPS) is 11.8. The molecular formula is C19H22N2O2S2. The van der Waals surface area contributed by atoms with Crippen LogP contribution in [-0.4, -0.2) is 22.3 Å². The van der Waals surface area contributed by atoms with Crippen molar-refractivity contribution in [1.82, 2.24) is 9.97 Å². The van der Waals surface area contributed by atoms with Crippen molar-refractivity contribution in [3.05, 3.63) is 51.1 Å². The van der Waals surface area contributed by atoms with Crippen LogP contribution in [0.25, 0.3) is 10.2 Å². The van der Waals surface area contributed by atoms with Crippen molar-refractivity contribution in [2.45, 2.75) is 38.3 Å². The van der Waals surface area contributed by atoms with Crippen LogP contribution in [0.1, 0.15) is 31.2 Å². The van der Waals surface area contributed by atoms with Gasteiger partial charge in [-0.3, -0.25) is 4.79 Å². The Labute approximate surface area is 155 Å². The number of hydrogen-bond donors (Lipinski definition) is 1. The molecule has 25 heavy (non-hydrogen) atoms. The molecule has 0 amide bonds. The van der Waals surface area contributed by atoms with Gasteiger partial charge in [0, 0.05) is 10.6 Å². The highest BCUT2D eigenvalue weighted by Gasteiger charge is 2.13. The molecule has 6 heteroatoms. The fraction of sp³-hybridized carbons (Fsp3) is 0.368. The van der Waals surface area contributed by atoms with Gasteiger partial charge in [-0.2, -0.15) is 0 Å². The molecule has 1 aromatic carbocycles. The van der Waals surface area contributed by atoms with Gasteiger partial charge in [-0.15, -0.1) is 11.3 Å². The summed E-state index contributed by atoms with van der Waals surface area (Å²) >= 11 is 3.04. The second-order valence-corrected chi connectivity index (χ2v) is 9.24. The largest absolute Gasteiger partial charge is 0.493 e. The maximum atomic E-state index is 12.0. The van der Waals surface area contributed by atoms with Gasteiger partial charge in [0.25, 0.3) is 5.56 Å². The molecule has 0 fully saturated rings. The Kier molecular flexibility index (Phi) is 5.20. The second-order valence-electron chi connectivity index (χ2n) is 6.92. The Morgan fingerprint density at radius 2 is 1.96 bits per heavy atom. The predicted molar refractivity (Wildman–Crippen MR) is 106 cm³/mol. The van der Waals surface area contributed by atoms with Crippen molar-refractivity contribution >= 4 is 33.3 Å². The van der Waals surface area contributed by atoms with Crippen LogP contribution in [0.3, 0.4) is 0 Å². The van der Waals surface area contributed by atoms with Gasteiger partial charge in [0.1, 0.15) is 10.6 Å². The van der Waals surface area contributed by atoms with E-state index in [1.54, 1.807) is 11.3 Å². The summed E-state index contributed by atoms with van der Waals surface area (Å²) in [7, 11) is 0. The summed E-state index contributed by atoms with van der Waals surface area (Å²) in [5, 5.41) is 1.31. The SMILES string of the molecule is Cc1cc2c(=O)[nH]c(SCCOc3ccc(C(C)(C)C)cc3)nc2s1. The average Bonchev–Trinajstić information content (AvgIpc) is 2.92. The number of aromatic nitrogens is 2. The van der Waals surface area contributed by atoms with E-state index in [0.717, 1.165) is 21.2 Å². The van der Waals surface area contributed by atoms with Gasteiger partial charge >= 0.3 is 0 Å². The van der Waals surface area contributed by atoms with E-state index in [1.165, 1.54) is 17.3 Å². The van der Waals surface area contributed by atoms with Crippen LogP contribution in [0.15, 0.2) is 40.3 Å². The van der Waals surface area contributed by atoms with Gasteiger partial charge < -0.3 is 9.72 Å². The molecule has 0 aliphatic heterocycles. The Morgan fingerprint density at radius 1 is 1.24 bits per heavy atom. The quantitative estimate of drug-likeness (QED) is 0.397. The number of aromatic amines is 1. The first-order valence-electron chi connectivity index (χ1n) is 8.19. The van der Waals surface area contributed by atoms with Crippen LogP contribution in [0.2, 0.25) is 0 Å². The van der Waals surface area contributed by atoms with Crippen molar-refractivity contribution in [2.75, 3.05) is 12.4 Å². The number of benzene rings is 1. The number of nitrogens with zero attached hydrogens (tertiary/aromatic N) is 1. The third-order valence-electron chi connectivity index (χ3n) is 3.82. The molecule has 0 saturated carbocycles. The lowest BCUT2D eigenvalue weighted by molar-refractivity contribution is 0.343. The highest BCUT2D eigenvalue weighted by molar-refractivity contribution is 7.99. The molecule has 132 valence electrons. The van der Waals surface area contributed by atoms with Crippen molar-refractivity contribution in [3.63, 3.8) is 0 Å². The molecule has 0 atom stereocenters. The summed E-state index contributed by atoms with van der Waals surface area (Å²) in [5.74, 6) is 1.58. The smallest absolute Gasteiger partial charge is 0.260 e. The van der Waals surface area contributed by atoms with E-state index >= 15 is 0 Å². The predicted octanol–water partition coefficient (Wildman–Crippen LogP) is 4.76. The number of hydrogen-bond acceptors (Lipinski definition) is 5. The van der Waals surface area contributed by atoms with Crippen LogP contribution in [-0.2, 0) is 5.41 Å². The van der Waals surface area contributed by atoms with E-state index in [9.17, 15) is 4.79 Å². The van der Waals surface area contributed by atoms with Crippen LogP contribution >= 0.6 is 23.1 Å². The van der Waals surface area contributed by atoms with E-state index in [0.29, 0.717) is 17.1 Å². The van der Waals surface area contributed by atoms with E-state index in [2.05, 4.69) is 42.9 Å². The number of thiophene rings is 1. The topological polar surface area (TPSA) is 55.0 Å². The molecule has 3 rings (SSSR count). The number of aryl methyl sites for hydroxylation is 1. The number of ether oxygens (including phenoxy) is 1. The molecule has 1 N–H and O–H groups in total. The highest BCUT2D eigenvalue weighted by atomic mass is 32.2. The van der Waals surface area contributed by atoms with E-state index in [4.69, 9.17) is 4.74 Å². The average molecular weight is 375 g/mol. The molecular weight excluding hydrogens is 352 g/mol. The van der Waals surface area contributed by atoms with Crippen LogP contribution in [0.4, 0.5) is 0 Å². The molecule has 3 aromatic rings. The van der Waals surface area contributed by atoms with Gasteiger partial charge in [-0.25, -0.2) is 4.98 Å². The van der Waals surface area contributed by atoms with Crippen LogP contribution < -0.4 is 10.3 Å². The van der Waals surface area contributed by atoms with E-state index in [-0.39, 0.29) is 11.0 Å². The Hall–Kier alpha value is -1.79. The molecule has 4 nitrogen and oxygen atoms in total. The molecule has 0 bridgehead atoms. The summed E-state index contributed by atoms with van der Waals surface area (Å²) in [5.41, 5.74) is 1.36. The lowest BCUT2D eigenvalue weighted by Crippen LogP contribution is -2.11. The third-order valence-corrected chi connectivity index (χ3v) is 5.60. The summed E-state index contributed by atoms with van der Waals surface area (Å²) in [6.07, 6.45) is 0. The minimum absolute atomic E-state index is 0.0736. The van der Waals surface area contributed by atoms with Gasteiger partial charge in [0.05, 0.1) is 12.0 Å². The zero-order valence-electron chi connectivity index (χ0n) is 14.9. The first-order chi connectivity index (χ1) is 11.8. The van der Waals surface area contributed by atoms with E-state index < -0.39 is 0 Å². The number of fused-ring (bicyclic) bond motifs is 1. The monoisotopic (exact) mass is 374 g/mol. The second kappa shape index (κ2) is 7.22. The first kappa shape index (κ1) is 18.0. The summed E-state index contributed by atoms with van der Waals surface area (Å²) < 4.78 is 5.78. The molecule has 0 aliphatic rings. The zero-order valence-corrected chi connectivity index (χ0v) is 16.5. The number of rotatable bonds is 5. The highest BCUT2D eigenvalue weighted by Crippen LogP contribution is 2.25. The van der Waals surface area contributed by atoms with Crippen LogP contribution in [0, 0.1) is 6.92 Å². The maximum Gasteiger partial charge on any atom is 0.260 e. The zero-order chi connectivity index (χ0) is 18.0. The minimum Gasteiger partial charge on any atom is -0.493 e. The number of nitrogens with one attached hydrogen (secondary N) is 1. The maximum absolute atomic E-state index is 12.0. The molecule has 0 radical (unpaired) electrons. The first-order valence-corrected chi connectivity index (χ1v) is 10.00. The molecule has 2 aromatic heterocycles. The van der Waals surface area contributed by atoms with Gasteiger partial charge in [0.15, 0.2) is 5.16 Å². The van der Waals surface area contributed by atoms with Crippen molar-refractivity contribution in [2.24, 2.45) is 0 Å². The standard InChI is InChI=1S/C19H22N2O2S2/c1-12-11-15-16(22)20-18(21-17(15)25-12)24-10-9-23-14-7-5-13(6-8-14)19(2,3)4/h5-8,11H,9-10H2,1-4H3,(H,20,21,22). The molecule has 2 heterocycles. The fourth-order valence-electron chi connectivity index (χ4n) is 2.45. The summed E-state index contributed by atoms with van der Waals surface area (Å²) in [4.78, 5) is 21.3. The Balaban J connectivity index is 1.56. The molecule has 0 spiro atoms. The van der Waals surface area contributed by atoms with Crippen molar-refractivity contribution < 1.29 is 4.74 Å². The summed E-state index contributed by atoms with van der Waals surface area (Å²) in [6, 6.07) is 10.1. The molecule has 0 aliphatic carbocycles. The summed E-state index contributed by atoms with van der Waals surface area (Å²) in [6.45, 7) is 9.12. The van der Waals surface area contributed by atoms with Crippen molar-refractivity contribution in [3.8, 4) is 5.75 Å². The minimum atomic E-state index is -0.0736. The van der Waals surface area contributed by atoms with Gasteiger partial charge in [-0.1, -0.05) is 44.7 Å². The van der Waals surface area contributed by atoms with Crippen molar-refractivity contribution in [1.29, 1.82) is 0 Å². The fourth-order valence-corrected chi connectivity index (χ4v) is 4.07.